The van der Waals surface area contributed by atoms with Crippen LogP contribution in [0.4, 0.5) is 5.69 Å². The van der Waals surface area contributed by atoms with Gasteiger partial charge in [-0.3, -0.25) is 9.78 Å². The fourth-order valence-electron chi connectivity index (χ4n) is 3.01. The molecule has 1 heterocycles. The van der Waals surface area contributed by atoms with Crippen molar-refractivity contribution < 1.29 is 13.2 Å². The molecule has 1 amide bonds. The van der Waals surface area contributed by atoms with Gasteiger partial charge in [0.25, 0.3) is 0 Å². The van der Waals surface area contributed by atoms with Gasteiger partial charge in [-0.1, -0.05) is 26.0 Å². The Hall–Kier alpha value is -2.51. The summed E-state index contributed by atoms with van der Waals surface area (Å²) in [4.78, 5) is 16.9. The second-order valence-corrected chi connectivity index (χ2v) is 8.46. The van der Waals surface area contributed by atoms with Gasteiger partial charge in [0.05, 0.1) is 16.3 Å². The number of rotatable bonds is 7. The van der Waals surface area contributed by atoms with Crippen molar-refractivity contribution in [3.8, 4) is 0 Å². The van der Waals surface area contributed by atoms with Gasteiger partial charge in [0.15, 0.2) is 0 Å². The van der Waals surface area contributed by atoms with Crippen LogP contribution in [0.1, 0.15) is 36.4 Å². The number of amides is 1. The molecule has 0 saturated carbocycles. The molecule has 0 unspecified atom stereocenters. The van der Waals surface area contributed by atoms with E-state index in [4.69, 9.17) is 0 Å². The summed E-state index contributed by atoms with van der Waals surface area (Å²) in [5.41, 5.74) is 4.08. The summed E-state index contributed by atoms with van der Waals surface area (Å²) in [5.74, 6) is -0.267. The number of sulfonamides is 1. The first-order valence-electron chi connectivity index (χ1n) is 9.23. The largest absolute Gasteiger partial charge is 0.321 e. The van der Waals surface area contributed by atoms with Crippen LogP contribution in [0.15, 0.2) is 41.3 Å². The third-order valence-electron chi connectivity index (χ3n) is 4.42. The van der Waals surface area contributed by atoms with Gasteiger partial charge in [0.1, 0.15) is 0 Å². The molecule has 0 radical (unpaired) electrons. The van der Waals surface area contributed by atoms with E-state index in [1.54, 1.807) is 30.3 Å². The average Bonchev–Trinajstić information content (AvgIpc) is 2.64. The lowest BCUT2D eigenvalue weighted by atomic mass is 10.1. The zero-order valence-electron chi connectivity index (χ0n) is 17.0. The number of nitrogens with one attached hydrogen (secondary N) is 1. The van der Waals surface area contributed by atoms with Gasteiger partial charge in [-0.25, -0.2) is 8.42 Å². The molecule has 28 heavy (non-hydrogen) atoms. The van der Waals surface area contributed by atoms with Crippen LogP contribution in [0.25, 0.3) is 6.08 Å². The molecule has 2 rings (SSSR count). The van der Waals surface area contributed by atoms with E-state index in [9.17, 15) is 13.2 Å². The second-order valence-electron chi connectivity index (χ2n) is 6.52. The lowest BCUT2D eigenvalue weighted by molar-refractivity contribution is -0.111. The molecule has 0 aliphatic carbocycles. The smallest absolute Gasteiger partial charge is 0.248 e. The maximum absolute atomic E-state index is 12.5. The van der Waals surface area contributed by atoms with E-state index in [1.165, 1.54) is 10.4 Å². The van der Waals surface area contributed by atoms with Crippen molar-refractivity contribution in [2.45, 2.75) is 39.5 Å². The van der Waals surface area contributed by atoms with Crippen molar-refractivity contribution in [2.24, 2.45) is 0 Å². The number of hydrogen-bond acceptors (Lipinski definition) is 4. The minimum Gasteiger partial charge on any atom is -0.321 e. The number of aryl methyl sites for hydroxylation is 3. The molecule has 0 aliphatic rings. The van der Waals surface area contributed by atoms with E-state index < -0.39 is 10.0 Å². The van der Waals surface area contributed by atoms with Gasteiger partial charge in [0.2, 0.25) is 15.9 Å². The Labute approximate surface area is 167 Å². The maximum atomic E-state index is 12.5. The van der Waals surface area contributed by atoms with E-state index >= 15 is 0 Å². The molecule has 150 valence electrons. The summed E-state index contributed by atoms with van der Waals surface area (Å²) in [5, 5.41) is 2.85. The molecule has 0 spiro atoms. The zero-order chi connectivity index (χ0) is 20.9. The van der Waals surface area contributed by atoms with Crippen molar-refractivity contribution >= 4 is 27.7 Å². The number of anilines is 1. The molecule has 0 saturated heterocycles. The highest BCUT2D eigenvalue weighted by Gasteiger charge is 2.20. The minimum atomic E-state index is -3.48. The van der Waals surface area contributed by atoms with E-state index in [2.05, 4.69) is 10.3 Å². The monoisotopic (exact) mass is 401 g/mol. The molecule has 0 bridgehead atoms. The van der Waals surface area contributed by atoms with Gasteiger partial charge in [-0.05, 0) is 56.2 Å². The fourth-order valence-corrected chi connectivity index (χ4v) is 4.47. The van der Waals surface area contributed by atoms with Gasteiger partial charge in [-0.2, -0.15) is 4.31 Å². The highest BCUT2D eigenvalue weighted by atomic mass is 32.2. The Bertz CT molecular complexity index is 953. The normalized spacial score (nSPS) is 11.9. The van der Waals surface area contributed by atoms with E-state index in [0.29, 0.717) is 18.8 Å². The molecule has 1 N–H and O–H groups in total. The van der Waals surface area contributed by atoms with E-state index in [-0.39, 0.29) is 10.8 Å². The predicted octanol–water partition coefficient (Wildman–Crippen LogP) is 3.69. The van der Waals surface area contributed by atoms with Crippen LogP contribution in [0, 0.1) is 20.8 Å². The highest BCUT2D eigenvalue weighted by molar-refractivity contribution is 7.89. The summed E-state index contributed by atoms with van der Waals surface area (Å²) < 4.78 is 26.4. The van der Waals surface area contributed by atoms with Gasteiger partial charge < -0.3 is 5.32 Å². The molecule has 7 heteroatoms. The maximum Gasteiger partial charge on any atom is 0.248 e. The SMILES string of the molecule is CCN(CC)S(=O)(=O)c1ccc(/C=C/C(=O)Nc2c(C)cc(C)nc2C)cc1. The molecule has 0 aliphatic heterocycles. The van der Waals surface area contributed by atoms with Crippen LogP contribution >= 0.6 is 0 Å². The number of benzene rings is 1. The molecular weight excluding hydrogens is 374 g/mol. The first-order valence-corrected chi connectivity index (χ1v) is 10.7. The summed E-state index contributed by atoms with van der Waals surface area (Å²) >= 11 is 0. The Morgan fingerprint density at radius 3 is 2.25 bits per heavy atom. The van der Waals surface area contributed by atoms with Crippen molar-refractivity contribution in [1.82, 2.24) is 9.29 Å². The molecule has 1 aromatic carbocycles. The first kappa shape index (κ1) is 21.8. The molecule has 2 aromatic rings. The van der Waals surface area contributed by atoms with Gasteiger partial charge in [0, 0.05) is 24.9 Å². The lowest BCUT2D eigenvalue weighted by Gasteiger charge is -2.18. The minimum absolute atomic E-state index is 0.245. The number of carbonyl (C=O) groups excluding carboxylic acids is 1. The summed E-state index contributed by atoms with van der Waals surface area (Å²) in [6, 6.07) is 8.41. The van der Waals surface area contributed by atoms with Crippen LogP contribution < -0.4 is 5.32 Å². The van der Waals surface area contributed by atoms with E-state index in [0.717, 1.165) is 22.5 Å². The number of hydrogen-bond donors (Lipinski definition) is 1. The zero-order valence-corrected chi connectivity index (χ0v) is 17.8. The molecular formula is C21H27N3O3S. The Balaban J connectivity index is 2.12. The van der Waals surface area contributed by atoms with Crippen molar-refractivity contribution in [1.29, 1.82) is 0 Å². The second kappa shape index (κ2) is 9.12. The first-order chi connectivity index (χ1) is 13.2. The average molecular weight is 402 g/mol. The topological polar surface area (TPSA) is 79.4 Å². The lowest BCUT2D eigenvalue weighted by Crippen LogP contribution is -2.30. The Morgan fingerprint density at radius 1 is 1.11 bits per heavy atom. The Morgan fingerprint density at radius 2 is 1.71 bits per heavy atom. The van der Waals surface area contributed by atoms with Crippen molar-refractivity contribution in [2.75, 3.05) is 18.4 Å². The van der Waals surface area contributed by atoms with Crippen molar-refractivity contribution in [3.05, 3.63) is 58.9 Å². The Kier molecular flexibility index (Phi) is 7.10. The predicted molar refractivity (Wildman–Crippen MR) is 113 cm³/mol. The molecule has 1 aromatic heterocycles. The fraction of sp³-hybridized carbons (Fsp3) is 0.333. The van der Waals surface area contributed by atoms with Crippen LogP contribution in [0.5, 0.6) is 0 Å². The highest BCUT2D eigenvalue weighted by Crippen LogP contribution is 2.20. The van der Waals surface area contributed by atoms with Crippen LogP contribution in [0.2, 0.25) is 0 Å². The van der Waals surface area contributed by atoms with Gasteiger partial charge in [-0.15, -0.1) is 0 Å². The number of nitrogens with zero attached hydrogens (tertiary/aromatic N) is 2. The number of pyridine rings is 1. The standard InChI is InChI=1S/C21H27N3O3S/c1-6-24(7-2)28(26,27)19-11-8-18(9-12-19)10-13-20(25)23-21-15(3)14-16(4)22-17(21)5/h8-14H,6-7H2,1-5H3,(H,23,25)/b13-10+. The number of carbonyl (C=O) groups is 1. The molecule has 0 fully saturated rings. The summed E-state index contributed by atoms with van der Waals surface area (Å²) in [6.45, 7) is 10.2. The van der Waals surface area contributed by atoms with Crippen LogP contribution in [-0.2, 0) is 14.8 Å². The van der Waals surface area contributed by atoms with Gasteiger partial charge >= 0.3 is 0 Å². The number of aromatic nitrogens is 1. The third kappa shape index (κ3) is 5.05. The molecule has 0 atom stereocenters. The quantitative estimate of drug-likeness (QED) is 0.718. The molecule has 6 nitrogen and oxygen atoms in total. The van der Waals surface area contributed by atoms with E-state index in [1.807, 2.05) is 40.7 Å². The van der Waals surface area contributed by atoms with Crippen LogP contribution in [-0.4, -0.2) is 36.7 Å². The van der Waals surface area contributed by atoms with Crippen LogP contribution in [0.3, 0.4) is 0 Å². The summed E-state index contributed by atoms with van der Waals surface area (Å²) in [6.07, 6.45) is 3.07. The summed E-state index contributed by atoms with van der Waals surface area (Å²) in [7, 11) is -3.48. The third-order valence-corrected chi connectivity index (χ3v) is 6.49. The van der Waals surface area contributed by atoms with Crippen molar-refractivity contribution in [3.63, 3.8) is 0 Å².